The van der Waals surface area contributed by atoms with Crippen LogP contribution in [-0.2, 0) is 9.47 Å². The van der Waals surface area contributed by atoms with Gasteiger partial charge < -0.3 is 19.7 Å². The maximum Gasteiger partial charge on any atom is 0.164 e. The first-order valence-electron chi connectivity index (χ1n) is 6.13. The smallest absolute Gasteiger partial charge is 0.164 e. The standard InChI is InChI=1S/C13H22O4/c1-4-5-6-7-8-10(15)12-11(9-14)16-13(2,3)17-12/h10-12,14-15H,4-6,9H2,1-3H3/t10-,11?,12-/m0/s1. The molecule has 0 radical (unpaired) electrons. The molecule has 2 N–H and O–H groups in total. The zero-order valence-electron chi connectivity index (χ0n) is 10.8. The predicted octanol–water partition coefficient (Wildman–Crippen LogP) is 1.05. The highest BCUT2D eigenvalue weighted by Crippen LogP contribution is 2.29. The summed E-state index contributed by atoms with van der Waals surface area (Å²) in [5.74, 6) is 4.89. The third-order valence-electron chi connectivity index (χ3n) is 2.62. The number of ether oxygens (including phenoxy) is 2. The van der Waals surface area contributed by atoms with Crippen LogP contribution >= 0.6 is 0 Å². The fourth-order valence-electron chi connectivity index (χ4n) is 1.80. The Labute approximate surface area is 103 Å². The van der Waals surface area contributed by atoms with E-state index in [0.717, 1.165) is 19.3 Å². The van der Waals surface area contributed by atoms with Crippen LogP contribution in [0.15, 0.2) is 0 Å². The Morgan fingerprint density at radius 2 is 2.06 bits per heavy atom. The molecule has 1 fully saturated rings. The highest BCUT2D eigenvalue weighted by atomic mass is 16.8. The van der Waals surface area contributed by atoms with Gasteiger partial charge in [0.2, 0.25) is 0 Å². The lowest BCUT2D eigenvalue weighted by Gasteiger charge is -2.17. The third-order valence-corrected chi connectivity index (χ3v) is 2.62. The number of aliphatic hydroxyl groups is 2. The summed E-state index contributed by atoms with van der Waals surface area (Å²) in [5, 5.41) is 19.1. The van der Waals surface area contributed by atoms with Crippen molar-refractivity contribution in [2.45, 2.75) is 64.1 Å². The number of unbranched alkanes of at least 4 members (excludes halogenated alkanes) is 2. The average Bonchev–Trinajstić information content (AvgIpc) is 2.60. The molecule has 4 heteroatoms. The maximum absolute atomic E-state index is 9.89. The van der Waals surface area contributed by atoms with Gasteiger partial charge in [0.15, 0.2) is 5.79 Å². The second kappa shape index (κ2) is 6.36. The number of aliphatic hydroxyl groups excluding tert-OH is 2. The van der Waals surface area contributed by atoms with Crippen LogP contribution in [0.2, 0.25) is 0 Å². The van der Waals surface area contributed by atoms with E-state index < -0.39 is 24.1 Å². The molecule has 0 aromatic rings. The molecule has 0 aliphatic carbocycles. The minimum Gasteiger partial charge on any atom is -0.394 e. The van der Waals surface area contributed by atoms with Crippen LogP contribution < -0.4 is 0 Å². The molecule has 1 aliphatic rings. The molecule has 0 amide bonds. The summed E-state index contributed by atoms with van der Waals surface area (Å²) in [5.41, 5.74) is 0. The van der Waals surface area contributed by atoms with Gasteiger partial charge in [-0.15, -0.1) is 5.92 Å². The van der Waals surface area contributed by atoms with Crippen LogP contribution in [0.4, 0.5) is 0 Å². The van der Waals surface area contributed by atoms with Crippen LogP contribution in [0.25, 0.3) is 0 Å². The van der Waals surface area contributed by atoms with Crippen molar-refractivity contribution in [1.82, 2.24) is 0 Å². The van der Waals surface area contributed by atoms with Crippen molar-refractivity contribution in [1.29, 1.82) is 0 Å². The molecule has 1 rings (SSSR count). The largest absolute Gasteiger partial charge is 0.394 e. The van der Waals surface area contributed by atoms with Gasteiger partial charge in [-0.25, -0.2) is 0 Å². The third kappa shape index (κ3) is 4.29. The van der Waals surface area contributed by atoms with Crippen LogP contribution in [0.5, 0.6) is 0 Å². The molecule has 0 aromatic carbocycles. The fraction of sp³-hybridized carbons (Fsp3) is 0.846. The topological polar surface area (TPSA) is 58.9 Å². The minimum atomic E-state index is -0.911. The van der Waals surface area contributed by atoms with Gasteiger partial charge in [-0.05, 0) is 20.3 Å². The molecule has 0 spiro atoms. The van der Waals surface area contributed by atoms with E-state index in [2.05, 4.69) is 18.8 Å². The Bertz CT molecular complexity index is 290. The van der Waals surface area contributed by atoms with E-state index in [0.29, 0.717) is 0 Å². The fourth-order valence-corrected chi connectivity index (χ4v) is 1.80. The first kappa shape index (κ1) is 14.5. The van der Waals surface area contributed by atoms with Crippen molar-refractivity contribution < 1.29 is 19.7 Å². The van der Waals surface area contributed by atoms with Gasteiger partial charge in [0.25, 0.3) is 0 Å². The van der Waals surface area contributed by atoms with Crippen LogP contribution in [0.3, 0.4) is 0 Å². The van der Waals surface area contributed by atoms with Crippen molar-refractivity contribution in [2.24, 2.45) is 0 Å². The molecule has 3 atom stereocenters. The molecule has 1 unspecified atom stereocenters. The summed E-state index contributed by atoms with van der Waals surface area (Å²) >= 11 is 0. The lowest BCUT2D eigenvalue weighted by molar-refractivity contribution is -0.154. The average molecular weight is 242 g/mol. The quantitative estimate of drug-likeness (QED) is 0.571. The van der Waals surface area contributed by atoms with Crippen LogP contribution in [0, 0.1) is 11.8 Å². The van der Waals surface area contributed by atoms with E-state index in [1.165, 1.54) is 0 Å². The monoisotopic (exact) mass is 242 g/mol. The van der Waals surface area contributed by atoms with E-state index in [1.54, 1.807) is 13.8 Å². The molecule has 1 aliphatic heterocycles. The van der Waals surface area contributed by atoms with Crippen LogP contribution in [0.1, 0.15) is 40.0 Å². The molecule has 0 saturated carbocycles. The van der Waals surface area contributed by atoms with Crippen molar-refractivity contribution in [2.75, 3.05) is 6.61 Å². The van der Waals surface area contributed by atoms with Crippen LogP contribution in [-0.4, -0.2) is 40.9 Å². The van der Waals surface area contributed by atoms with Gasteiger partial charge in [-0.2, -0.15) is 0 Å². The SMILES string of the molecule is CCCCC#C[C@H](O)[C@@H]1OC(C)(C)OC1CO. The normalized spacial score (nSPS) is 28.5. The van der Waals surface area contributed by atoms with Gasteiger partial charge in [-0.3, -0.25) is 0 Å². The number of hydrogen-bond donors (Lipinski definition) is 2. The van der Waals surface area contributed by atoms with Gasteiger partial charge in [0.05, 0.1) is 6.61 Å². The first-order valence-corrected chi connectivity index (χ1v) is 6.13. The molecule has 1 saturated heterocycles. The lowest BCUT2D eigenvalue weighted by Crippen LogP contribution is -2.36. The maximum atomic E-state index is 9.89. The second-order valence-corrected chi connectivity index (χ2v) is 4.69. The van der Waals surface area contributed by atoms with Gasteiger partial charge in [-0.1, -0.05) is 19.3 Å². The van der Waals surface area contributed by atoms with Crippen molar-refractivity contribution in [3.63, 3.8) is 0 Å². The second-order valence-electron chi connectivity index (χ2n) is 4.69. The van der Waals surface area contributed by atoms with E-state index >= 15 is 0 Å². The zero-order valence-corrected chi connectivity index (χ0v) is 10.8. The summed E-state index contributed by atoms with van der Waals surface area (Å²) in [7, 11) is 0. The predicted molar refractivity (Wildman–Crippen MR) is 64.2 cm³/mol. The molecule has 4 nitrogen and oxygen atoms in total. The lowest BCUT2D eigenvalue weighted by atomic mass is 10.1. The van der Waals surface area contributed by atoms with Crippen molar-refractivity contribution in [3.05, 3.63) is 0 Å². The van der Waals surface area contributed by atoms with Gasteiger partial charge in [0, 0.05) is 6.42 Å². The molecular formula is C13H22O4. The van der Waals surface area contributed by atoms with Crippen molar-refractivity contribution in [3.8, 4) is 11.8 Å². The number of rotatable bonds is 4. The Morgan fingerprint density at radius 1 is 1.35 bits per heavy atom. The molecule has 98 valence electrons. The Balaban J connectivity index is 2.55. The molecule has 1 heterocycles. The van der Waals surface area contributed by atoms with Crippen molar-refractivity contribution >= 4 is 0 Å². The van der Waals surface area contributed by atoms with E-state index in [9.17, 15) is 5.11 Å². The summed E-state index contributed by atoms with van der Waals surface area (Å²) in [6, 6.07) is 0. The molecular weight excluding hydrogens is 220 g/mol. The molecule has 17 heavy (non-hydrogen) atoms. The summed E-state index contributed by atoms with van der Waals surface area (Å²) in [4.78, 5) is 0. The van der Waals surface area contributed by atoms with E-state index in [4.69, 9.17) is 14.6 Å². The summed E-state index contributed by atoms with van der Waals surface area (Å²) in [6.45, 7) is 5.43. The minimum absolute atomic E-state index is 0.179. The Morgan fingerprint density at radius 3 is 2.65 bits per heavy atom. The van der Waals surface area contributed by atoms with E-state index in [-0.39, 0.29) is 6.61 Å². The van der Waals surface area contributed by atoms with Gasteiger partial charge >= 0.3 is 0 Å². The zero-order chi connectivity index (χ0) is 12.9. The Hall–Kier alpha value is -0.600. The van der Waals surface area contributed by atoms with Gasteiger partial charge in [0.1, 0.15) is 18.3 Å². The Kier molecular flexibility index (Phi) is 5.41. The van der Waals surface area contributed by atoms with E-state index in [1.807, 2.05) is 0 Å². The highest BCUT2D eigenvalue weighted by molar-refractivity contribution is 5.09. The molecule has 0 aromatic heterocycles. The number of hydrogen-bond acceptors (Lipinski definition) is 4. The first-order chi connectivity index (χ1) is 8.00. The highest BCUT2D eigenvalue weighted by Gasteiger charge is 2.44. The summed E-state index contributed by atoms with van der Waals surface area (Å²) in [6.07, 6.45) is 0.876. The molecule has 0 bridgehead atoms. The summed E-state index contributed by atoms with van der Waals surface area (Å²) < 4.78 is 11.0.